The van der Waals surface area contributed by atoms with Gasteiger partial charge in [0, 0.05) is 16.0 Å². The van der Waals surface area contributed by atoms with Gasteiger partial charge in [-0.05, 0) is 18.6 Å². The Hall–Kier alpha value is -2.65. The highest BCUT2D eigenvalue weighted by atomic mass is 35.5. The van der Waals surface area contributed by atoms with E-state index in [1.54, 1.807) is 0 Å². The van der Waals surface area contributed by atoms with Crippen molar-refractivity contribution in [2.24, 2.45) is 0 Å². The molecule has 0 saturated heterocycles. The molecule has 3 nitrogen and oxygen atoms in total. The van der Waals surface area contributed by atoms with E-state index in [0.717, 1.165) is 27.7 Å². The van der Waals surface area contributed by atoms with E-state index < -0.39 is 5.97 Å². The molecule has 0 atom stereocenters. The van der Waals surface area contributed by atoms with E-state index in [9.17, 15) is 4.79 Å². The summed E-state index contributed by atoms with van der Waals surface area (Å²) in [5.41, 5.74) is 3.77. The first-order chi connectivity index (χ1) is 11.6. The minimum atomic E-state index is -0.426. The number of hydrogen-bond donors (Lipinski definition) is 0. The van der Waals surface area contributed by atoms with E-state index in [2.05, 4.69) is 6.58 Å². The van der Waals surface area contributed by atoms with Gasteiger partial charge < -0.3 is 4.74 Å². The summed E-state index contributed by atoms with van der Waals surface area (Å²) >= 11 is 5.71. The number of aromatic nitrogens is 1. The molecule has 1 aromatic heterocycles. The van der Waals surface area contributed by atoms with Crippen LogP contribution in [0.4, 0.5) is 0 Å². The molecule has 2 aromatic carbocycles. The molecule has 120 valence electrons. The maximum Gasteiger partial charge on any atom is 0.339 e. The number of hydrogen-bond acceptors (Lipinski definition) is 3. The molecule has 0 bridgehead atoms. The van der Waals surface area contributed by atoms with Gasteiger partial charge in [-0.1, -0.05) is 66.7 Å². The van der Waals surface area contributed by atoms with E-state index in [0.29, 0.717) is 5.56 Å². The molecule has 0 unspecified atom stereocenters. The number of carbonyl (C=O) groups is 1. The van der Waals surface area contributed by atoms with Crippen LogP contribution >= 0.6 is 11.6 Å². The molecule has 0 fully saturated rings. The minimum Gasteiger partial charge on any atom is -0.456 e. The minimum absolute atomic E-state index is 0.0167. The van der Waals surface area contributed by atoms with Crippen LogP contribution < -0.4 is 0 Å². The molecule has 1 heterocycles. The third-order valence-electron chi connectivity index (χ3n) is 3.75. The second-order valence-electron chi connectivity index (χ2n) is 5.44. The molecule has 0 aliphatic rings. The second-order valence-corrected chi connectivity index (χ2v) is 5.97. The lowest BCUT2D eigenvalue weighted by Crippen LogP contribution is -2.10. The van der Waals surface area contributed by atoms with Crippen molar-refractivity contribution in [1.82, 2.24) is 4.98 Å². The van der Waals surface area contributed by atoms with Crippen LogP contribution in [0.15, 0.2) is 66.2 Å². The van der Waals surface area contributed by atoms with Crippen molar-refractivity contribution >= 4 is 28.5 Å². The molecule has 0 aliphatic heterocycles. The molecule has 3 rings (SSSR count). The molecule has 24 heavy (non-hydrogen) atoms. The summed E-state index contributed by atoms with van der Waals surface area (Å²) in [6, 6.07) is 17.3. The second kappa shape index (κ2) is 6.85. The van der Waals surface area contributed by atoms with E-state index >= 15 is 0 Å². The van der Waals surface area contributed by atoms with E-state index in [1.165, 1.54) is 0 Å². The number of rotatable bonds is 4. The Morgan fingerprint density at radius 1 is 1.12 bits per heavy atom. The largest absolute Gasteiger partial charge is 0.456 e. The molecular weight excluding hydrogens is 322 g/mol. The molecule has 0 spiro atoms. The van der Waals surface area contributed by atoms with Crippen LogP contribution in [0.25, 0.3) is 22.2 Å². The zero-order chi connectivity index (χ0) is 17.1. The Bertz CT molecular complexity index is 920. The normalized spacial score (nSPS) is 10.6. The Labute approximate surface area is 145 Å². The third kappa shape index (κ3) is 3.17. The zero-order valence-electron chi connectivity index (χ0n) is 13.3. The number of nitrogens with zero attached hydrogens (tertiary/aromatic N) is 1. The quantitative estimate of drug-likeness (QED) is 0.620. The van der Waals surface area contributed by atoms with Gasteiger partial charge in [0.1, 0.15) is 6.61 Å². The van der Waals surface area contributed by atoms with Crippen LogP contribution in [-0.4, -0.2) is 17.6 Å². The van der Waals surface area contributed by atoms with Crippen molar-refractivity contribution < 1.29 is 9.53 Å². The first-order valence-electron chi connectivity index (χ1n) is 7.53. The Kier molecular flexibility index (Phi) is 4.63. The van der Waals surface area contributed by atoms with Crippen molar-refractivity contribution in [3.05, 3.63) is 77.3 Å². The molecule has 0 amide bonds. The summed E-state index contributed by atoms with van der Waals surface area (Å²) in [5, 5.41) is 1.04. The number of fused-ring (bicyclic) bond motifs is 1. The van der Waals surface area contributed by atoms with Gasteiger partial charge in [0.15, 0.2) is 0 Å². The van der Waals surface area contributed by atoms with Crippen molar-refractivity contribution in [2.75, 3.05) is 6.61 Å². The predicted octanol–water partition coefficient (Wildman–Crippen LogP) is 5.12. The summed E-state index contributed by atoms with van der Waals surface area (Å²) < 4.78 is 5.27. The van der Waals surface area contributed by atoms with Gasteiger partial charge in [-0.3, -0.25) is 0 Å². The predicted molar refractivity (Wildman–Crippen MR) is 97.2 cm³/mol. The van der Waals surface area contributed by atoms with Crippen LogP contribution in [0.3, 0.4) is 0 Å². The first kappa shape index (κ1) is 16.2. The summed E-state index contributed by atoms with van der Waals surface area (Å²) in [5.74, 6) is -0.426. The van der Waals surface area contributed by atoms with Crippen molar-refractivity contribution in [2.45, 2.75) is 6.92 Å². The fourth-order valence-electron chi connectivity index (χ4n) is 2.66. The SMILES string of the molecule is C=C(Cl)COC(=O)c1c(C)c(-c2ccccc2)nc2ccccc12. The fourth-order valence-corrected chi connectivity index (χ4v) is 2.72. The monoisotopic (exact) mass is 337 g/mol. The Morgan fingerprint density at radius 2 is 1.79 bits per heavy atom. The number of carbonyl (C=O) groups excluding carboxylic acids is 1. The number of esters is 1. The van der Waals surface area contributed by atoms with Gasteiger partial charge in [0.2, 0.25) is 0 Å². The lowest BCUT2D eigenvalue weighted by molar-refractivity contribution is 0.0547. The van der Waals surface area contributed by atoms with E-state index in [-0.39, 0.29) is 11.6 Å². The van der Waals surface area contributed by atoms with Crippen molar-refractivity contribution in [3.63, 3.8) is 0 Å². The number of benzene rings is 2. The van der Waals surface area contributed by atoms with Crippen LogP contribution in [0.5, 0.6) is 0 Å². The highest BCUT2D eigenvalue weighted by Gasteiger charge is 2.20. The maximum atomic E-state index is 12.6. The van der Waals surface area contributed by atoms with Gasteiger partial charge in [-0.2, -0.15) is 0 Å². The van der Waals surface area contributed by atoms with Crippen molar-refractivity contribution in [3.8, 4) is 11.3 Å². The van der Waals surface area contributed by atoms with Crippen LogP contribution in [0.1, 0.15) is 15.9 Å². The summed E-state index contributed by atoms with van der Waals surface area (Å²) in [6.45, 7) is 5.41. The van der Waals surface area contributed by atoms with Crippen LogP contribution in [0.2, 0.25) is 0 Å². The van der Waals surface area contributed by atoms with E-state index in [4.69, 9.17) is 21.3 Å². The lowest BCUT2D eigenvalue weighted by Gasteiger charge is -2.14. The number of ether oxygens (including phenoxy) is 1. The number of para-hydroxylation sites is 1. The summed E-state index contributed by atoms with van der Waals surface area (Å²) in [4.78, 5) is 17.3. The lowest BCUT2D eigenvalue weighted by atomic mass is 9.98. The van der Waals surface area contributed by atoms with E-state index in [1.807, 2.05) is 61.5 Å². The maximum absolute atomic E-state index is 12.6. The van der Waals surface area contributed by atoms with Gasteiger partial charge in [0.05, 0.1) is 16.8 Å². The first-order valence-corrected chi connectivity index (χ1v) is 7.91. The molecule has 0 saturated carbocycles. The molecular formula is C20H16ClNO2. The highest BCUT2D eigenvalue weighted by Crippen LogP contribution is 2.30. The fraction of sp³-hybridized carbons (Fsp3) is 0.100. The average Bonchev–Trinajstić information content (AvgIpc) is 2.60. The standard InChI is InChI=1S/C20H16ClNO2/c1-13(21)12-24-20(23)18-14(2)19(15-8-4-3-5-9-15)22-17-11-7-6-10-16(17)18/h3-11H,1,12H2,2H3. The number of halogens is 1. The molecule has 0 radical (unpaired) electrons. The molecule has 3 aromatic rings. The number of pyridine rings is 1. The van der Waals surface area contributed by atoms with Gasteiger partial charge in [0.25, 0.3) is 0 Å². The zero-order valence-corrected chi connectivity index (χ0v) is 14.0. The van der Waals surface area contributed by atoms with Gasteiger partial charge in [-0.25, -0.2) is 9.78 Å². The average molecular weight is 338 g/mol. The van der Waals surface area contributed by atoms with Gasteiger partial charge >= 0.3 is 5.97 Å². The van der Waals surface area contributed by atoms with Gasteiger partial charge in [-0.15, -0.1) is 0 Å². The molecule has 0 N–H and O–H groups in total. The van der Waals surface area contributed by atoms with Crippen LogP contribution in [-0.2, 0) is 4.74 Å². The highest BCUT2D eigenvalue weighted by molar-refractivity contribution is 6.29. The van der Waals surface area contributed by atoms with Crippen LogP contribution in [0, 0.1) is 6.92 Å². The summed E-state index contributed by atoms with van der Waals surface area (Å²) in [7, 11) is 0. The Morgan fingerprint density at radius 3 is 2.50 bits per heavy atom. The topological polar surface area (TPSA) is 39.2 Å². The molecule has 0 aliphatic carbocycles. The van der Waals surface area contributed by atoms with Crippen molar-refractivity contribution in [1.29, 1.82) is 0 Å². The third-order valence-corrected chi connectivity index (χ3v) is 3.86. The summed E-state index contributed by atoms with van der Waals surface area (Å²) in [6.07, 6.45) is 0. The molecule has 4 heteroatoms. The smallest absolute Gasteiger partial charge is 0.339 e. The Balaban J connectivity index is 2.20.